The summed E-state index contributed by atoms with van der Waals surface area (Å²) in [7, 11) is 0. The van der Waals surface area contributed by atoms with Gasteiger partial charge in [0, 0.05) is 31.7 Å². The third kappa shape index (κ3) is 3.35. The van der Waals surface area contributed by atoms with E-state index in [0.29, 0.717) is 12.1 Å². The standard InChI is InChI=1S/C21H24N4O/c1-2-22-21(26)17-8-9-19-18(14-17)23-20-15-24(12-13-25(19)20)11-10-16-6-4-3-5-7-16/h3-9,14H,2,10-13,15H2,1H3,(H,22,26). The van der Waals surface area contributed by atoms with Crippen LogP contribution in [0.5, 0.6) is 0 Å². The Kier molecular flexibility index (Phi) is 4.71. The molecule has 26 heavy (non-hydrogen) atoms. The Balaban J connectivity index is 1.50. The lowest BCUT2D eigenvalue weighted by atomic mass is 10.1. The highest BCUT2D eigenvalue weighted by Gasteiger charge is 2.20. The number of imidazole rings is 1. The molecule has 0 spiro atoms. The van der Waals surface area contributed by atoms with E-state index in [1.807, 2.05) is 25.1 Å². The summed E-state index contributed by atoms with van der Waals surface area (Å²) < 4.78 is 2.29. The van der Waals surface area contributed by atoms with Crippen LogP contribution in [0.15, 0.2) is 48.5 Å². The van der Waals surface area contributed by atoms with Crippen LogP contribution in [-0.2, 0) is 19.5 Å². The number of nitrogens with one attached hydrogen (secondary N) is 1. The largest absolute Gasteiger partial charge is 0.352 e. The van der Waals surface area contributed by atoms with Crippen LogP contribution < -0.4 is 5.32 Å². The molecule has 0 saturated heterocycles. The molecule has 1 aromatic heterocycles. The number of aromatic nitrogens is 2. The molecule has 0 aliphatic carbocycles. The van der Waals surface area contributed by atoms with Crippen LogP contribution in [0.4, 0.5) is 0 Å². The van der Waals surface area contributed by atoms with Crippen molar-refractivity contribution in [3.05, 3.63) is 65.5 Å². The molecule has 0 bridgehead atoms. The van der Waals surface area contributed by atoms with Crippen molar-refractivity contribution < 1.29 is 4.79 Å². The Bertz CT molecular complexity index is 916. The van der Waals surface area contributed by atoms with E-state index in [9.17, 15) is 4.79 Å². The van der Waals surface area contributed by atoms with Crippen LogP contribution in [0.25, 0.3) is 11.0 Å². The van der Waals surface area contributed by atoms with Gasteiger partial charge in [0.2, 0.25) is 0 Å². The molecule has 0 unspecified atom stereocenters. The normalized spacial score (nSPS) is 14.3. The van der Waals surface area contributed by atoms with Gasteiger partial charge in [-0.05, 0) is 37.1 Å². The maximum Gasteiger partial charge on any atom is 0.251 e. The van der Waals surface area contributed by atoms with Crippen LogP contribution in [0.1, 0.15) is 28.7 Å². The van der Waals surface area contributed by atoms with E-state index in [1.165, 1.54) is 5.56 Å². The zero-order valence-electron chi connectivity index (χ0n) is 15.1. The molecule has 1 amide bonds. The van der Waals surface area contributed by atoms with E-state index >= 15 is 0 Å². The first-order valence-corrected chi connectivity index (χ1v) is 9.28. The van der Waals surface area contributed by atoms with Crippen molar-refractivity contribution >= 4 is 16.9 Å². The Morgan fingerprint density at radius 2 is 2.00 bits per heavy atom. The van der Waals surface area contributed by atoms with Crippen molar-refractivity contribution in [3.8, 4) is 0 Å². The SMILES string of the molecule is CCNC(=O)c1ccc2c(c1)nc1n2CCN(CCc2ccccc2)C1. The summed E-state index contributed by atoms with van der Waals surface area (Å²) >= 11 is 0. The fourth-order valence-corrected chi connectivity index (χ4v) is 3.60. The minimum atomic E-state index is -0.0372. The van der Waals surface area contributed by atoms with Gasteiger partial charge >= 0.3 is 0 Å². The Morgan fingerprint density at radius 3 is 2.81 bits per heavy atom. The number of amides is 1. The maximum atomic E-state index is 12.0. The van der Waals surface area contributed by atoms with Crippen LogP contribution in [0.2, 0.25) is 0 Å². The van der Waals surface area contributed by atoms with E-state index in [2.05, 4.69) is 45.1 Å². The number of hydrogen-bond donors (Lipinski definition) is 1. The van der Waals surface area contributed by atoms with Gasteiger partial charge in [-0.2, -0.15) is 0 Å². The highest BCUT2D eigenvalue weighted by atomic mass is 16.1. The minimum Gasteiger partial charge on any atom is -0.352 e. The second-order valence-electron chi connectivity index (χ2n) is 6.75. The van der Waals surface area contributed by atoms with E-state index in [1.54, 1.807) is 0 Å². The van der Waals surface area contributed by atoms with Crippen molar-refractivity contribution in [2.75, 3.05) is 19.6 Å². The second kappa shape index (κ2) is 7.30. The van der Waals surface area contributed by atoms with Crippen molar-refractivity contribution in [3.63, 3.8) is 0 Å². The fourth-order valence-electron chi connectivity index (χ4n) is 3.60. The smallest absolute Gasteiger partial charge is 0.251 e. The van der Waals surface area contributed by atoms with Gasteiger partial charge in [0.05, 0.1) is 17.6 Å². The monoisotopic (exact) mass is 348 g/mol. The highest BCUT2D eigenvalue weighted by Crippen LogP contribution is 2.22. The first-order valence-electron chi connectivity index (χ1n) is 9.28. The number of carbonyl (C=O) groups excluding carboxylic acids is 1. The Labute approximate surface area is 153 Å². The molecular formula is C21H24N4O. The van der Waals surface area contributed by atoms with Crippen molar-refractivity contribution in [2.24, 2.45) is 0 Å². The third-order valence-corrected chi connectivity index (χ3v) is 4.99. The fraction of sp³-hybridized carbons (Fsp3) is 0.333. The van der Waals surface area contributed by atoms with Crippen LogP contribution in [0, 0.1) is 0 Å². The molecule has 1 N–H and O–H groups in total. The first-order chi connectivity index (χ1) is 12.7. The summed E-state index contributed by atoms with van der Waals surface area (Å²) in [6, 6.07) is 16.4. The molecule has 0 radical (unpaired) electrons. The number of nitrogens with zero attached hydrogens (tertiary/aromatic N) is 3. The lowest BCUT2D eigenvalue weighted by molar-refractivity contribution is 0.0956. The molecule has 0 fully saturated rings. The number of hydrogen-bond acceptors (Lipinski definition) is 3. The number of rotatable bonds is 5. The zero-order chi connectivity index (χ0) is 17.9. The summed E-state index contributed by atoms with van der Waals surface area (Å²) in [6.07, 6.45) is 1.06. The summed E-state index contributed by atoms with van der Waals surface area (Å²) in [6.45, 7) is 6.43. The molecule has 1 aliphatic rings. The zero-order valence-corrected chi connectivity index (χ0v) is 15.1. The van der Waals surface area contributed by atoms with E-state index in [0.717, 1.165) is 49.5 Å². The average Bonchev–Trinajstić information content (AvgIpc) is 3.04. The van der Waals surface area contributed by atoms with E-state index < -0.39 is 0 Å². The molecule has 2 aromatic carbocycles. The molecule has 5 heteroatoms. The van der Waals surface area contributed by atoms with Gasteiger partial charge in [0.15, 0.2) is 0 Å². The van der Waals surface area contributed by atoms with Crippen LogP contribution in [-0.4, -0.2) is 40.0 Å². The molecule has 3 aromatic rings. The number of benzene rings is 2. The van der Waals surface area contributed by atoms with Gasteiger partial charge in [-0.25, -0.2) is 4.98 Å². The van der Waals surface area contributed by atoms with Gasteiger partial charge in [-0.3, -0.25) is 9.69 Å². The minimum absolute atomic E-state index is 0.0372. The molecule has 0 saturated carbocycles. The topological polar surface area (TPSA) is 50.2 Å². The van der Waals surface area contributed by atoms with Crippen molar-refractivity contribution in [2.45, 2.75) is 26.4 Å². The Morgan fingerprint density at radius 1 is 1.15 bits per heavy atom. The van der Waals surface area contributed by atoms with E-state index in [-0.39, 0.29) is 5.91 Å². The van der Waals surface area contributed by atoms with Crippen molar-refractivity contribution in [1.29, 1.82) is 0 Å². The average molecular weight is 348 g/mol. The predicted molar refractivity (Wildman–Crippen MR) is 103 cm³/mol. The quantitative estimate of drug-likeness (QED) is 0.771. The molecule has 134 valence electrons. The lowest BCUT2D eigenvalue weighted by Gasteiger charge is -2.27. The summed E-state index contributed by atoms with van der Waals surface area (Å²) in [5, 5.41) is 2.85. The van der Waals surface area contributed by atoms with Crippen LogP contribution >= 0.6 is 0 Å². The molecular weight excluding hydrogens is 324 g/mol. The lowest BCUT2D eigenvalue weighted by Crippen LogP contribution is -2.35. The number of fused-ring (bicyclic) bond motifs is 3. The Hall–Kier alpha value is -2.66. The molecule has 0 atom stereocenters. The van der Waals surface area contributed by atoms with Crippen LogP contribution in [0.3, 0.4) is 0 Å². The maximum absolute atomic E-state index is 12.0. The van der Waals surface area contributed by atoms with Crippen molar-refractivity contribution in [1.82, 2.24) is 19.8 Å². The summed E-state index contributed by atoms with van der Waals surface area (Å²) in [5.74, 6) is 1.05. The molecule has 4 rings (SSSR count). The van der Waals surface area contributed by atoms with Gasteiger partial charge in [-0.1, -0.05) is 30.3 Å². The molecule has 2 heterocycles. The first kappa shape index (κ1) is 16.8. The third-order valence-electron chi connectivity index (χ3n) is 4.99. The van der Waals surface area contributed by atoms with Gasteiger partial charge in [0.25, 0.3) is 5.91 Å². The molecule has 5 nitrogen and oxygen atoms in total. The van der Waals surface area contributed by atoms with E-state index in [4.69, 9.17) is 4.98 Å². The number of carbonyl (C=O) groups is 1. The van der Waals surface area contributed by atoms with Gasteiger partial charge < -0.3 is 9.88 Å². The molecule has 1 aliphatic heterocycles. The van der Waals surface area contributed by atoms with Gasteiger partial charge in [-0.15, -0.1) is 0 Å². The highest BCUT2D eigenvalue weighted by molar-refractivity contribution is 5.97. The summed E-state index contributed by atoms with van der Waals surface area (Å²) in [5.41, 5.74) is 4.08. The van der Waals surface area contributed by atoms with Gasteiger partial charge in [0.1, 0.15) is 5.82 Å². The second-order valence-corrected chi connectivity index (χ2v) is 6.75. The predicted octanol–water partition coefficient (Wildman–Crippen LogP) is 2.84. The summed E-state index contributed by atoms with van der Waals surface area (Å²) in [4.78, 5) is 19.3.